The maximum atomic E-state index is 6.18. The lowest BCUT2D eigenvalue weighted by atomic mass is 9.68. The fourth-order valence-electron chi connectivity index (χ4n) is 3.39. The predicted molar refractivity (Wildman–Crippen MR) is 83.7 cm³/mol. The zero-order valence-electron chi connectivity index (χ0n) is 12.2. The standard InChI is InChI=1S/C17H26ClN/c1-3-12-19-16(14-8-7-9-15(18)13-14)17(2)10-5-4-6-11-17/h7-9,13,16,19H,3-6,10-12H2,1-2H3. The van der Waals surface area contributed by atoms with Gasteiger partial charge in [0.1, 0.15) is 0 Å². The van der Waals surface area contributed by atoms with Gasteiger partial charge >= 0.3 is 0 Å². The molecule has 2 rings (SSSR count). The van der Waals surface area contributed by atoms with Crippen molar-refractivity contribution in [2.75, 3.05) is 6.54 Å². The molecule has 0 radical (unpaired) electrons. The molecule has 1 fully saturated rings. The van der Waals surface area contributed by atoms with Gasteiger partial charge in [-0.05, 0) is 48.9 Å². The smallest absolute Gasteiger partial charge is 0.0409 e. The summed E-state index contributed by atoms with van der Waals surface area (Å²) in [5, 5.41) is 4.61. The van der Waals surface area contributed by atoms with Gasteiger partial charge in [0, 0.05) is 11.1 Å². The van der Waals surface area contributed by atoms with Crippen molar-refractivity contribution in [1.29, 1.82) is 0 Å². The number of halogens is 1. The Morgan fingerprint density at radius 1 is 1.26 bits per heavy atom. The van der Waals surface area contributed by atoms with Gasteiger partial charge < -0.3 is 5.32 Å². The van der Waals surface area contributed by atoms with Crippen LogP contribution in [-0.2, 0) is 0 Å². The van der Waals surface area contributed by atoms with Crippen LogP contribution in [0.2, 0.25) is 5.02 Å². The van der Waals surface area contributed by atoms with Gasteiger partial charge in [-0.25, -0.2) is 0 Å². The normalized spacial score (nSPS) is 20.2. The van der Waals surface area contributed by atoms with Crippen molar-refractivity contribution in [3.05, 3.63) is 34.9 Å². The number of rotatable bonds is 5. The topological polar surface area (TPSA) is 12.0 Å². The van der Waals surface area contributed by atoms with Crippen molar-refractivity contribution in [1.82, 2.24) is 5.32 Å². The molecule has 0 saturated heterocycles. The molecule has 1 atom stereocenters. The molecular formula is C17H26ClN. The van der Waals surface area contributed by atoms with Crippen LogP contribution in [0.15, 0.2) is 24.3 Å². The Morgan fingerprint density at radius 2 is 2.00 bits per heavy atom. The van der Waals surface area contributed by atoms with Crippen LogP contribution in [0, 0.1) is 5.41 Å². The summed E-state index contributed by atoms with van der Waals surface area (Å²) in [7, 11) is 0. The summed E-state index contributed by atoms with van der Waals surface area (Å²) >= 11 is 6.18. The highest BCUT2D eigenvalue weighted by Gasteiger charge is 2.35. The van der Waals surface area contributed by atoms with Gasteiger partial charge in [-0.3, -0.25) is 0 Å². The van der Waals surface area contributed by atoms with E-state index in [0.717, 1.165) is 11.6 Å². The van der Waals surface area contributed by atoms with Gasteiger partial charge in [-0.2, -0.15) is 0 Å². The molecule has 19 heavy (non-hydrogen) atoms. The molecule has 0 aliphatic heterocycles. The summed E-state index contributed by atoms with van der Waals surface area (Å²) in [5.74, 6) is 0. The molecule has 2 heteroatoms. The lowest BCUT2D eigenvalue weighted by Gasteiger charge is -2.41. The highest BCUT2D eigenvalue weighted by Crippen LogP contribution is 2.45. The summed E-state index contributed by atoms with van der Waals surface area (Å²) in [5.41, 5.74) is 1.73. The molecule has 0 amide bonds. The first-order valence-electron chi connectivity index (χ1n) is 7.64. The van der Waals surface area contributed by atoms with Crippen LogP contribution >= 0.6 is 11.6 Å². The number of nitrogens with one attached hydrogen (secondary N) is 1. The molecule has 1 aliphatic rings. The Labute approximate surface area is 122 Å². The fraction of sp³-hybridized carbons (Fsp3) is 0.647. The molecule has 0 bridgehead atoms. The van der Waals surface area contributed by atoms with Crippen molar-refractivity contribution in [2.24, 2.45) is 5.41 Å². The van der Waals surface area contributed by atoms with Gasteiger partial charge in [0.2, 0.25) is 0 Å². The second-order valence-corrected chi connectivity index (χ2v) is 6.59. The van der Waals surface area contributed by atoms with E-state index in [1.54, 1.807) is 0 Å². The Bertz CT molecular complexity index is 396. The van der Waals surface area contributed by atoms with Crippen LogP contribution in [0.25, 0.3) is 0 Å². The van der Waals surface area contributed by atoms with Crippen molar-refractivity contribution in [2.45, 2.75) is 58.4 Å². The molecule has 0 heterocycles. The molecule has 1 aliphatic carbocycles. The maximum Gasteiger partial charge on any atom is 0.0409 e. The Hall–Kier alpha value is -0.530. The van der Waals surface area contributed by atoms with Crippen molar-refractivity contribution >= 4 is 11.6 Å². The van der Waals surface area contributed by atoms with Crippen LogP contribution in [0.3, 0.4) is 0 Å². The molecule has 1 N–H and O–H groups in total. The molecule has 0 aromatic heterocycles. The third-order valence-electron chi connectivity index (χ3n) is 4.47. The minimum Gasteiger partial charge on any atom is -0.309 e. The van der Waals surface area contributed by atoms with Gasteiger partial charge in [-0.1, -0.05) is 56.8 Å². The first-order valence-corrected chi connectivity index (χ1v) is 8.02. The molecule has 1 aromatic rings. The van der Waals surface area contributed by atoms with Crippen LogP contribution in [0.4, 0.5) is 0 Å². The minimum atomic E-state index is 0.373. The number of benzene rings is 1. The van der Waals surface area contributed by atoms with Crippen molar-refractivity contribution < 1.29 is 0 Å². The van der Waals surface area contributed by atoms with E-state index in [0.29, 0.717) is 11.5 Å². The summed E-state index contributed by atoms with van der Waals surface area (Å²) in [4.78, 5) is 0. The summed E-state index contributed by atoms with van der Waals surface area (Å²) < 4.78 is 0. The van der Waals surface area contributed by atoms with Crippen LogP contribution < -0.4 is 5.32 Å². The van der Waals surface area contributed by atoms with E-state index in [1.807, 2.05) is 6.07 Å². The van der Waals surface area contributed by atoms with Crippen LogP contribution in [0.5, 0.6) is 0 Å². The molecule has 1 aromatic carbocycles. The average Bonchev–Trinajstić information content (AvgIpc) is 2.40. The van der Waals surface area contributed by atoms with Crippen molar-refractivity contribution in [3.63, 3.8) is 0 Å². The fourth-order valence-corrected chi connectivity index (χ4v) is 3.59. The molecule has 1 saturated carbocycles. The van der Waals surface area contributed by atoms with Gasteiger partial charge in [-0.15, -0.1) is 0 Å². The van der Waals surface area contributed by atoms with E-state index in [-0.39, 0.29) is 0 Å². The first kappa shape index (κ1) is 14.9. The predicted octanol–water partition coefficient (Wildman–Crippen LogP) is 5.35. The van der Waals surface area contributed by atoms with E-state index in [1.165, 1.54) is 44.1 Å². The summed E-state index contributed by atoms with van der Waals surface area (Å²) in [6.45, 7) is 5.75. The summed E-state index contributed by atoms with van der Waals surface area (Å²) in [6, 6.07) is 8.83. The molecular weight excluding hydrogens is 254 g/mol. The monoisotopic (exact) mass is 279 g/mol. The second-order valence-electron chi connectivity index (χ2n) is 6.16. The van der Waals surface area contributed by atoms with E-state index in [9.17, 15) is 0 Å². The molecule has 1 nitrogen and oxygen atoms in total. The van der Waals surface area contributed by atoms with E-state index >= 15 is 0 Å². The summed E-state index contributed by atoms with van der Waals surface area (Å²) in [6.07, 6.45) is 7.93. The first-order chi connectivity index (χ1) is 9.15. The molecule has 0 spiro atoms. The highest BCUT2D eigenvalue weighted by atomic mass is 35.5. The Balaban J connectivity index is 2.24. The minimum absolute atomic E-state index is 0.373. The zero-order chi connectivity index (χ0) is 13.7. The zero-order valence-corrected chi connectivity index (χ0v) is 13.0. The number of hydrogen-bond acceptors (Lipinski definition) is 1. The van der Waals surface area contributed by atoms with Crippen molar-refractivity contribution in [3.8, 4) is 0 Å². The molecule has 106 valence electrons. The third kappa shape index (κ3) is 3.73. The van der Waals surface area contributed by atoms with E-state index < -0.39 is 0 Å². The third-order valence-corrected chi connectivity index (χ3v) is 4.71. The highest BCUT2D eigenvalue weighted by molar-refractivity contribution is 6.30. The second kappa shape index (κ2) is 6.76. The number of hydrogen-bond donors (Lipinski definition) is 1. The largest absolute Gasteiger partial charge is 0.309 e. The Morgan fingerprint density at radius 3 is 2.63 bits per heavy atom. The lowest BCUT2D eigenvalue weighted by molar-refractivity contribution is 0.145. The SMILES string of the molecule is CCCNC(c1cccc(Cl)c1)C1(C)CCCCC1. The van der Waals surface area contributed by atoms with Gasteiger partial charge in [0.25, 0.3) is 0 Å². The van der Waals surface area contributed by atoms with E-state index in [4.69, 9.17) is 11.6 Å². The molecule has 1 unspecified atom stereocenters. The average molecular weight is 280 g/mol. The maximum absolute atomic E-state index is 6.18. The van der Waals surface area contributed by atoms with Crippen LogP contribution in [-0.4, -0.2) is 6.54 Å². The lowest BCUT2D eigenvalue weighted by Crippen LogP contribution is -2.38. The van der Waals surface area contributed by atoms with Gasteiger partial charge in [0.05, 0.1) is 0 Å². The quantitative estimate of drug-likeness (QED) is 0.766. The van der Waals surface area contributed by atoms with E-state index in [2.05, 4.69) is 37.4 Å². The Kier molecular flexibility index (Phi) is 5.29. The van der Waals surface area contributed by atoms with Gasteiger partial charge in [0.15, 0.2) is 0 Å². The van der Waals surface area contributed by atoms with Crippen LogP contribution in [0.1, 0.15) is 64.0 Å².